The molecule has 0 radical (unpaired) electrons. The molecule has 82 valence electrons. The summed E-state index contributed by atoms with van der Waals surface area (Å²) in [5, 5.41) is 0. The summed E-state index contributed by atoms with van der Waals surface area (Å²) in [5.74, 6) is -0.379. The van der Waals surface area contributed by atoms with Crippen LogP contribution < -0.4 is 0 Å². The van der Waals surface area contributed by atoms with Gasteiger partial charge in [0, 0.05) is 6.61 Å². The highest BCUT2D eigenvalue weighted by Gasteiger charge is 2.36. The van der Waals surface area contributed by atoms with Crippen LogP contribution >= 0.6 is 0 Å². The molecular weight excluding hydrogens is 192 g/mol. The first-order valence-electron chi connectivity index (χ1n) is 4.93. The number of carbonyl (C=O) groups excluding carboxylic acids is 1. The SMILES string of the molecule is CCO[C@](C)(C(=O)OC)c1ccccc1. The summed E-state index contributed by atoms with van der Waals surface area (Å²) in [5.41, 5.74) is -0.205. The molecule has 0 unspecified atom stereocenters. The summed E-state index contributed by atoms with van der Waals surface area (Å²) in [6, 6.07) is 9.34. The van der Waals surface area contributed by atoms with Gasteiger partial charge in [0.15, 0.2) is 5.60 Å². The number of hydrogen-bond acceptors (Lipinski definition) is 3. The van der Waals surface area contributed by atoms with Crippen molar-refractivity contribution in [3.63, 3.8) is 0 Å². The lowest BCUT2D eigenvalue weighted by Gasteiger charge is -2.26. The van der Waals surface area contributed by atoms with Gasteiger partial charge in [0.05, 0.1) is 7.11 Å². The lowest BCUT2D eigenvalue weighted by Crippen LogP contribution is -2.36. The predicted molar refractivity (Wildman–Crippen MR) is 57.4 cm³/mol. The molecule has 0 saturated heterocycles. The van der Waals surface area contributed by atoms with Crippen molar-refractivity contribution < 1.29 is 14.3 Å². The molecule has 0 N–H and O–H groups in total. The van der Waals surface area contributed by atoms with E-state index in [1.54, 1.807) is 6.92 Å². The van der Waals surface area contributed by atoms with Gasteiger partial charge in [-0.15, -0.1) is 0 Å². The van der Waals surface area contributed by atoms with Crippen LogP contribution in [0, 0.1) is 0 Å². The van der Waals surface area contributed by atoms with Crippen molar-refractivity contribution in [3.05, 3.63) is 35.9 Å². The van der Waals surface area contributed by atoms with Crippen molar-refractivity contribution in [2.24, 2.45) is 0 Å². The van der Waals surface area contributed by atoms with Crippen molar-refractivity contribution in [2.75, 3.05) is 13.7 Å². The van der Waals surface area contributed by atoms with E-state index >= 15 is 0 Å². The molecule has 0 bridgehead atoms. The van der Waals surface area contributed by atoms with Crippen LogP contribution in [-0.4, -0.2) is 19.7 Å². The minimum absolute atomic E-state index is 0.379. The molecule has 15 heavy (non-hydrogen) atoms. The fraction of sp³-hybridized carbons (Fsp3) is 0.417. The number of rotatable bonds is 4. The van der Waals surface area contributed by atoms with Crippen LogP contribution in [0.5, 0.6) is 0 Å². The summed E-state index contributed by atoms with van der Waals surface area (Å²) in [4.78, 5) is 11.7. The van der Waals surface area contributed by atoms with E-state index in [1.807, 2.05) is 37.3 Å². The molecule has 0 aliphatic heterocycles. The Morgan fingerprint density at radius 3 is 2.40 bits per heavy atom. The summed E-state index contributed by atoms with van der Waals surface area (Å²) in [6.07, 6.45) is 0. The molecule has 0 saturated carbocycles. The molecule has 0 spiro atoms. The summed E-state index contributed by atoms with van der Waals surface area (Å²) in [6.45, 7) is 4.03. The number of ether oxygens (including phenoxy) is 2. The van der Waals surface area contributed by atoms with E-state index in [-0.39, 0.29) is 5.97 Å². The van der Waals surface area contributed by atoms with E-state index < -0.39 is 5.60 Å². The van der Waals surface area contributed by atoms with Crippen LogP contribution in [0.1, 0.15) is 19.4 Å². The van der Waals surface area contributed by atoms with Gasteiger partial charge < -0.3 is 9.47 Å². The topological polar surface area (TPSA) is 35.5 Å². The molecule has 0 aliphatic carbocycles. The number of esters is 1. The first-order chi connectivity index (χ1) is 7.15. The molecule has 0 amide bonds. The van der Waals surface area contributed by atoms with Crippen molar-refractivity contribution >= 4 is 5.97 Å². The molecule has 1 atom stereocenters. The second kappa shape index (κ2) is 4.94. The molecule has 3 nitrogen and oxygen atoms in total. The van der Waals surface area contributed by atoms with E-state index in [0.717, 1.165) is 5.56 Å². The fourth-order valence-corrected chi connectivity index (χ4v) is 1.50. The zero-order chi connectivity index (χ0) is 11.3. The lowest BCUT2D eigenvalue weighted by atomic mass is 9.96. The van der Waals surface area contributed by atoms with Gasteiger partial charge in [-0.05, 0) is 19.4 Å². The van der Waals surface area contributed by atoms with Gasteiger partial charge in [0.2, 0.25) is 0 Å². The first-order valence-corrected chi connectivity index (χ1v) is 4.93. The smallest absolute Gasteiger partial charge is 0.342 e. The average molecular weight is 208 g/mol. The summed E-state index contributed by atoms with van der Waals surface area (Å²) in [7, 11) is 1.36. The second-order valence-corrected chi connectivity index (χ2v) is 3.32. The van der Waals surface area contributed by atoms with Gasteiger partial charge in [-0.2, -0.15) is 0 Å². The van der Waals surface area contributed by atoms with Crippen molar-refractivity contribution in [1.82, 2.24) is 0 Å². The Morgan fingerprint density at radius 1 is 1.33 bits per heavy atom. The Kier molecular flexibility index (Phi) is 3.86. The van der Waals surface area contributed by atoms with Gasteiger partial charge in [-0.1, -0.05) is 30.3 Å². The molecule has 0 aromatic heterocycles. The maximum absolute atomic E-state index is 11.7. The minimum Gasteiger partial charge on any atom is -0.467 e. The van der Waals surface area contributed by atoms with E-state index in [2.05, 4.69) is 0 Å². The Balaban J connectivity index is 3.06. The highest BCUT2D eigenvalue weighted by molar-refractivity contribution is 5.80. The highest BCUT2D eigenvalue weighted by Crippen LogP contribution is 2.26. The average Bonchev–Trinajstić information content (AvgIpc) is 2.29. The van der Waals surface area contributed by atoms with Crippen LogP contribution in [0.3, 0.4) is 0 Å². The standard InChI is InChI=1S/C12H16O3/c1-4-15-12(2,11(13)14-3)10-8-6-5-7-9-10/h5-9H,4H2,1-3H3/t12-/m0/s1. The van der Waals surface area contributed by atoms with Crippen molar-refractivity contribution in [2.45, 2.75) is 19.4 Å². The molecule has 0 aliphatic rings. The molecule has 0 fully saturated rings. The largest absolute Gasteiger partial charge is 0.467 e. The molecule has 1 aromatic carbocycles. The van der Waals surface area contributed by atoms with Gasteiger partial charge in [0.1, 0.15) is 0 Å². The quantitative estimate of drug-likeness (QED) is 0.711. The zero-order valence-electron chi connectivity index (χ0n) is 9.32. The van der Waals surface area contributed by atoms with Gasteiger partial charge in [-0.3, -0.25) is 0 Å². The van der Waals surface area contributed by atoms with Gasteiger partial charge in [0.25, 0.3) is 0 Å². The van der Waals surface area contributed by atoms with Crippen LogP contribution in [-0.2, 0) is 19.9 Å². The fourth-order valence-electron chi connectivity index (χ4n) is 1.50. The van der Waals surface area contributed by atoms with E-state index in [9.17, 15) is 4.79 Å². The van der Waals surface area contributed by atoms with Crippen LogP contribution in [0.15, 0.2) is 30.3 Å². The molecule has 1 aromatic rings. The normalized spacial score (nSPS) is 14.3. The predicted octanol–water partition coefficient (Wildman–Crippen LogP) is 2.11. The van der Waals surface area contributed by atoms with Crippen molar-refractivity contribution in [1.29, 1.82) is 0 Å². The number of hydrogen-bond donors (Lipinski definition) is 0. The Morgan fingerprint density at radius 2 is 1.93 bits per heavy atom. The summed E-state index contributed by atoms with van der Waals surface area (Å²) >= 11 is 0. The van der Waals surface area contributed by atoms with Crippen LogP contribution in [0.4, 0.5) is 0 Å². The number of benzene rings is 1. The molecular formula is C12H16O3. The second-order valence-electron chi connectivity index (χ2n) is 3.32. The van der Waals surface area contributed by atoms with Crippen molar-refractivity contribution in [3.8, 4) is 0 Å². The van der Waals surface area contributed by atoms with Gasteiger partial charge >= 0.3 is 5.97 Å². The number of methoxy groups -OCH3 is 1. The van der Waals surface area contributed by atoms with E-state index in [1.165, 1.54) is 7.11 Å². The Bertz CT molecular complexity index is 321. The third kappa shape index (κ3) is 2.36. The van der Waals surface area contributed by atoms with E-state index in [4.69, 9.17) is 9.47 Å². The number of carbonyl (C=O) groups is 1. The summed E-state index contributed by atoms with van der Waals surface area (Å²) < 4.78 is 10.3. The van der Waals surface area contributed by atoms with Crippen LogP contribution in [0.2, 0.25) is 0 Å². The first kappa shape index (κ1) is 11.7. The van der Waals surface area contributed by atoms with E-state index in [0.29, 0.717) is 6.61 Å². The molecule has 1 rings (SSSR count). The minimum atomic E-state index is -1.01. The highest BCUT2D eigenvalue weighted by atomic mass is 16.6. The molecule has 3 heteroatoms. The maximum Gasteiger partial charge on any atom is 0.342 e. The lowest BCUT2D eigenvalue weighted by molar-refractivity contribution is -0.168. The third-order valence-electron chi connectivity index (χ3n) is 2.33. The Labute approximate surface area is 90.0 Å². The third-order valence-corrected chi connectivity index (χ3v) is 2.33. The van der Waals surface area contributed by atoms with Gasteiger partial charge in [-0.25, -0.2) is 4.79 Å². The maximum atomic E-state index is 11.7. The Hall–Kier alpha value is -1.35. The van der Waals surface area contributed by atoms with Crippen LogP contribution in [0.25, 0.3) is 0 Å². The monoisotopic (exact) mass is 208 g/mol. The molecule has 0 heterocycles. The zero-order valence-corrected chi connectivity index (χ0v) is 9.32.